The Morgan fingerprint density at radius 1 is 1.33 bits per heavy atom. The van der Waals surface area contributed by atoms with Crippen LogP contribution in [-0.2, 0) is 9.59 Å². The Morgan fingerprint density at radius 2 is 2.22 bits per heavy atom. The Morgan fingerprint density at radius 3 is 3.00 bits per heavy atom. The molecule has 2 amide bonds. The van der Waals surface area contributed by atoms with Crippen molar-refractivity contribution in [1.29, 1.82) is 0 Å². The summed E-state index contributed by atoms with van der Waals surface area (Å²) < 4.78 is 6.78. The van der Waals surface area contributed by atoms with Gasteiger partial charge in [0.2, 0.25) is 11.8 Å². The first-order valence-corrected chi connectivity index (χ1v) is 9.44. The van der Waals surface area contributed by atoms with Gasteiger partial charge in [0.15, 0.2) is 5.13 Å². The fourth-order valence-corrected chi connectivity index (χ4v) is 3.91. The number of carbonyl (C=O) groups is 2. The van der Waals surface area contributed by atoms with Crippen LogP contribution in [0.1, 0.15) is 19.8 Å². The van der Waals surface area contributed by atoms with E-state index in [9.17, 15) is 9.59 Å². The highest BCUT2D eigenvalue weighted by molar-refractivity contribution is 7.22. The number of ether oxygens (including phenoxy) is 1. The molecule has 4 rings (SSSR count). The van der Waals surface area contributed by atoms with Crippen LogP contribution in [0.2, 0.25) is 0 Å². The van der Waals surface area contributed by atoms with Crippen molar-refractivity contribution < 1.29 is 14.3 Å². The van der Waals surface area contributed by atoms with E-state index in [2.05, 4.69) is 20.6 Å². The first-order valence-electron chi connectivity index (χ1n) is 8.62. The number of amides is 2. The van der Waals surface area contributed by atoms with E-state index in [1.54, 1.807) is 12.4 Å². The summed E-state index contributed by atoms with van der Waals surface area (Å²) in [6.45, 7) is 1.90. The quantitative estimate of drug-likeness (QED) is 0.708. The number of hydrogen-bond donors (Lipinski definition) is 2. The molecule has 1 fully saturated rings. The number of nitrogens with one attached hydrogen (secondary N) is 2. The van der Waals surface area contributed by atoms with Gasteiger partial charge in [0, 0.05) is 25.1 Å². The molecule has 2 N–H and O–H groups in total. The molecule has 0 bridgehead atoms. The fraction of sp³-hybridized carbons (Fsp3) is 0.263. The number of nitrogens with zero attached hydrogens (tertiary/aromatic N) is 2. The number of aromatic nitrogens is 2. The average molecular weight is 382 g/mol. The summed E-state index contributed by atoms with van der Waals surface area (Å²) >= 11 is 1.43. The molecule has 2 aromatic heterocycles. The summed E-state index contributed by atoms with van der Waals surface area (Å²) in [5.41, 5.74) is 2.76. The molecule has 3 heterocycles. The molecule has 0 spiro atoms. The zero-order valence-corrected chi connectivity index (χ0v) is 15.5. The normalized spacial score (nSPS) is 16.3. The Hall–Kier alpha value is -3.00. The van der Waals surface area contributed by atoms with Gasteiger partial charge < -0.3 is 15.4 Å². The van der Waals surface area contributed by atoms with Crippen molar-refractivity contribution in [2.75, 3.05) is 11.9 Å². The molecule has 1 aliphatic rings. The van der Waals surface area contributed by atoms with E-state index in [1.165, 1.54) is 18.3 Å². The van der Waals surface area contributed by atoms with E-state index in [-0.39, 0.29) is 17.9 Å². The molecule has 0 aliphatic carbocycles. The minimum Gasteiger partial charge on any atom is -0.490 e. The molecule has 27 heavy (non-hydrogen) atoms. The molecular formula is C19H18N4O3S. The SMILES string of the molecule is CC(=O)Nc1nc2ccc(-c3cncc(OCC4CCC(=O)N4)c3)cc2s1. The van der Waals surface area contributed by atoms with Crippen LogP contribution < -0.4 is 15.4 Å². The molecule has 1 atom stereocenters. The number of rotatable bonds is 5. The van der Waals surface area contributed by atoms with Gasteiger partial charge in [-0.15, -0.1) is 0 Å². The number of benzene rings is 1. The average Bonchev–Trinajstić information content (AvgIpc) is 3.24. The zero-order valence-electron chi connectivity index (χ0n) is 14.7. The highest BCUT2D eigenvalue weighted by Gasteiger charge is 2.21. The Balaban J connectivity index is 1.52. The molecule has 1 unspecified atom stereocenters. The second kappa shape index (κ2) is 7.32. The van der Waals surface area contributed by atoms with Gasteiger partial charge in [-0.05, 0) is 30.2 Å². The van der Waals surface area contributed by atoms with E-state index in [0.717, 1.165) is 27.8 Å². The second-order valence-electron chi connectivity index (χ2n) is 6.41. The highest BCUT2D eigenvalue weighted by atomic mass is 32.1. The minimum atomic E-state index is -0.137. The number of carbonyl (C=O) groups excluding carboxylic acids is 2. The number of hydrogen-bond acceptors (Lipinski definition) is 6. The molecular weight excluding hydrogens is 364 g/mol. The van der Waals surface area contributed by atoms with Crippen LogP contribution in [0.3, 0.4) is 0 Å². The van der Waals surface area contributed by atoms with Crippen LogP contribution in [0.15, 0.2) is 36.7 Å². The Kier molecular flexibility index (Phi) is 4.72. The van der Waals surface area contributed by atoms with Crippen molar-refractivity contribution in [3.63, 3.8) is 0 Å². The number of pyridine rings is 1. The van der Waals surface area contributed by atoms with Crippen LogP contribution in [0.4, 0.5) is 5.13 Å². The predicted molar refractivity (Wildman–Crippen MR) is 104 cm³/mol. The zero-order chi connectivity index (χ0) is 18.8. The second-order valence-corrected chi connectivity index (χ2v) is 7.44. The van der Waals surface area contributed by atoms with Crippen LogP contribution in [0, 0.1) is 0 Å². The largest absolute Gasteiger partial charge is 0.490 e. The van der Waals surface area contributed by atoms with Gasteiger partial charge in [0.05, 0.1) is 22.5 Å². The summed E-state index contributed by atoms with van der Waals surface area (Å²) in [6.07, 6.45) is 4.80. The van der Waals surface area contributed by atoms with E-state index < -0.39 is 0 Å². The van der Waals surface area contributed by atoms with E-state index in [1.807, 2.05) is 24.3 Å². The van der Waals surface area contributed by atoms with Crippen molar-refractivity contribution in [2.45, 2.75) is 25.8 Å². The van der Waals surface area contributed by atoms with Crippen molar-refractivity contribution >= 4 is 38.5 Å². The van der Waals surface area contributed by atoms with Gasteiger partial charge in [0.25, 0.3) is 0 Å². The molecule has 0 saturated carbocycles. The smallest absolute Gasteiger partial charge is 0.223 e. The molecule has 138 valence electrons. The molecule has 0 radical (unpaired) electrons. The first-order chi connectivity index (χ1) is 13.1. The topological polar surface area (TPSA) is 93.2 Å². The van der Waals surface area contributed by atoms with Crippen molar-refractivity contribution in [1.82, 2.24) is 15.3 Å². The molecule has 1 aliphatic heterocycles. The maximum Gasteiger partial charge on any atom is 0.223 e. The Labute approximate surface area is 159 Å². The lowest BCUT2D eigenvalue weighted by molar-refractivity contribution is -0.119. The predicted octanol–water partition coefficient (Wildman–Crippen LogP) is 2.97. The third kappa shape index (κ3) is 4.06. The summed E-state index contributed by atoms with van der Waals surface area (Å²) in [4.78, 5) is 31.1. The monoisotopic (exact) mass is 382 g/mol. The van der Waals surface area contributed by atoms with Gasteiger partial charge in [-0.25, -0.2) is 4.98 Å². The third-order valence-corrected chi connectivity index (χ3v) is 5.19. The lowest BCUT2D eigenvalue weighted by Crippen LogP contribution is -2.30. The van der Waals surface area contributed by atoms with Gasteiger partial charge in [-0.2, -0.15) is 0 Å². The summed E-state index contributed by atoms with van der Waals surface area (Å²) in [6, 6.07) is 7.91. The number of anilines is 1. The molecule has 8 heteroatoms. The van der Waals surface area contributed by atoms with Crippen molar-refractivity contribution in [3.05, 3.63) is 36.7 Å². The van der Waals surface area contributed by atoms with Crippen LogP contribution in [0.5, 0.6) is 5.75 Å². The van der Waals surface area contributed by atoms with Crippen LogP contribution >= 0.6 is 11.3 Å². The standard InChI is InChI=1S/C19H18N4O3S/c1-11(24)21-19-23-16-4-2-12(7-17(16)27-19)13-6-15(9-20-8-13)26-10-14-3-5-18(25)22-14/h2,4,6-9,14H,3,5,10H2,1H3,(H,22,25)(H,21,23,24). The van der Waals surface area contributed by atoms with Gasteiger partial charge in [-0.3, -0.25) is 14.6 Å². The summed E-state index contributed by atoms with van der Waals surface area (Å²) in [5, 5.41) is 6.19. The van der Waals surface area contributed by atoms with Gasteiger partial charge >= 0.3 is 0 Å². The molecule has 1 saturated heterocycles. The molecule has 7 nitrogen and oxygen atoms in total. The lowest BCUT2D eigenvalue weighted by atomic mass is 10.1. The van der Waals surface area contributed by atoms with Crippen molar-refractivity contribution in [3.8, 4) is 16.9 Å². The summed E-state index contributed by atoms with van der Waals surface area (Å²) in [7, 11) is 0. The maximum absolute atomic E-state index is 11.3. The van der Waals surface area contributed by atoms with E-state index in [0.29, 0.717) is 23.9 Å². The van der Waals surface area contributed by atoms with Crippen LogP contribution in [-0.4, -0.2) is 34.4 Å². The lowest BCUT2D eigenvalue weighted by Gasteiger charge is -2.12. The first kappa shape index (κ1) is 17.4. The van der Waals surface area contributed by atoms with Gasteiger partial charge in [0.1, 0.15) is 12.4 Å². The number of fused-ring (bicyclic) bond motifs is 1. The molecule has 1 aromatic carbocycles. The minimum absolute atomic E-state index is 0.0573. The number of thiazole rings is 1. The molecule has 3 aromatic rings. The Bertz CT molecular complexity index is 1020. The van der Waals surface area contributed by atoms with Crippen molar-refractivity contribution in [2.24, 2.45) is 0 Å². The van der Waals surface area contributed by atoms with E-state index >= 15 is 0 Å². The maximum atomic E-state index is 11.3. The third-order valence-electron chi connectivity index (χ3n) is 4.25. The summed E-state index contributed by atoms with van der Waals surface area (Å²) in [5.74, 6) is 0.603. The van der Waals surface area contributed by atoms with E-state index in [4.69, 9.17) is 4.74 Å². The fourth-order valence-electron chi connectivity index (χ4n) is 2.96. The van der Waals surface area contributed by atoms with Crippen LogP contribution in [0.25, 0.3) is 21.3 Å². The highest BCUT2D eigenvalue weighted by Crippen LogP contribution is 2.31. The van der Waals surface area contributed by atoms with Gasteiger partial charge in [-0.1, -0.05) is 17.4 Å².